The average Bonchev–Trinajstić information content (AvgIpc) is 2.14. The number of hydrogen-bond donors (Lipinski definition) is 0. The van der Waals surface area contributed by atoms with Gasteiger partial charge in [-0.25, -0.2) is 0 Å². The lowest BCUT2D eigenvalue weighted by atomic mass is 10.1. The van der Waals surface area contributed by atoms with Crippen molar-refractivity contribution in [1.82, 2.24) is 0 Å². The predicted octanol–water partition coefficient (Wildman–Crippen LogP) is 22.7. The molecule has 2 atom stereocenters. The number of hydrogen-bond acceptors (Lipinski definition) is 8. The van der Waals surface area contributed by atoms with Crippen molar-refractivity contribution in [2.24, 2.45) is 0 Å². The first-order valence-corrected chi connectivity index (χ1v) is 36.6. The lowest BCUT2D eigenvalue weighted by Gasteiger charge is -2.28. The molecule has 512 valence electrons. The maximum atomic E-state index is 12.9. The third-order valence-corrected chi connectivity index (χ3v) is 14.6. The molecule has 2 unspecified atom stereocenters. The number of phosphoric ester groups is 1. The topological polar surface area (TPSA) is 111 Å². The molecule has 0 aromatic heterocycles. The van der Waals surface area contributed by atoms with Crippen LogP contribution in [0.5, 0.6) is 0 Å². The van der Waals surface area contributed by atoms with Gasteiger partial charge in [0.25, 0.3) is 7.82 Å². The number of esters is 2. The summed E-state index contributed by atoms with van der Waals surface area (Å²) in [4.78, 5) is 38.1. The van der Waals surface area contributed by atoms with Crippen LogP contribution in [0.15, 0.2) is 231 Å². The van der Waals surface area contributed by atoms with E-state index in [4.69, 9.17) is 18.5 Å². The quantitative estimate of drug-likeness (QED) is 0.0195. The second-order valence-corrected chi connectivity index (χ2v) is 24.8. The summed E-state index contributed by atoms with van der Waals surface area (Å²) in [5, 5.41) is 0. The second kappa shape index (κ2) is 69.4. The summed E-state index contributed by atoms with van der Waals surface area (Å²) in [5.74, 6) is -0.906. The highest BCUT2D eigenvalue weighted by Gasteiger charge is 2.22. The van der Waals surface area contributed by atoms with Crippen LogP contribution in [0.3, 0.4) is 0 Å². The molecule has 0 fully saturated rings. The fourth-order valence-electron chi connectivity index (χ4n) is 8.38. The van der Waals surface area contributed by atoms with Crippen LogP contribution in [0, 0.1) is 0 Å². The fraction of sp³-hybridized carbons (Fsp3) is 0.512. The average molecular weight is 1280 g/mol. The van der Waals surface area contributed by atoms with Crippen molar-refractivity contribution in [2.75, 3.05) is 47.5 Å². The van der Waals surface area contributed by atoms with Crippen molar-refractivity contribution in [2.45, 2.75) is 225 Å². The number of unbranched alkanes of at least 4 members (excludes halogenated alkanes) is 9. The van der Waals surface area contributed by atoms with Crippen LogP contribution in [0.4, 0.5) is 0 Å². The normalized spacial score (nSPS) is 14.5. The van der Waals surface area contributed by atoms with Gasteiger partial charge >= 0.3 is 11.9 Å². The Labute approximate surface area is 562 Å². The molecule has 0 rings (SSSR count). The molecule has 0 aliphatic carbocycles. The first-order chi connectivity index (χ1) is 45.0. The van der Waals surface area contributed by atoms with Gasteiger partial charge in [0, 0.05) is 12.8 Å². The molecular weight excluding hydrogens is 1160 g/mol. The van der Waals surface area contributed by atoms with Crippen LogP contribution in [0.2, 0.25) is 0 Å². The van der Waals surface area contributed by atoms with E-state index in [1.165, 1.54) is 0 Å². The largest absolute Gasteiger partial charge is 0.756 e. The molecule has 0 bridgehead atoms. The van der Waals surface area contributed by atoms with Crippen molar-refractivity contribution in [3.63, 3.8) is 0 Å². The zero-order chi connectivity index (χ0) is 66.9. The van der Waals surface area contributed by atoms with Crippen molar-refractivity contribution >= 4 is 19.8 Å². The number of quaternary nitrogens is 1. The first-order valence-electron chi connectivity index (χ1n) is 35.1. The Morgan fingerprint density at radius 1 is 0.337 bits per heavy atom. The van der Waals surface area contributed by atoms with Crippen molar-refractivity contribution in [3.05, 3.63) is 231 Å². The van der Waals surface area contributed by atoms with Gasteiger partial charge in [-0.2, -0.15) is 0 Å². The van der Waals surface area contributed by atoms with Crippen molar-refractivity contribution in [3.8, 4) is 0 Å². The van der Waals surface area contributed by atoms with Crippen LogP contribution in [0.25, 0.3) is 0 Å². The minimum absolute atomic E-state index is 0.0538. The van der Waals surface area contributed by atoms with Gasteiger partial charge in [-0.05, 0) is 161 Å². The van der Waals surface area contributed by atoms with Crippen LogP contribution in [-0.4, -0.2) is 70.0 Å². The Morgan fingerprint density at radius 2 is 0.587 bits per heavy atom. The van der Waals surface area contributed by atoms with E-state index in [-0.39, 0.29) is 26.1 Å². The zero-order valence-electron chi connectivity index (χ0n) is 58.1. The van der Waals surface area contributed by atoms with Crippen molar-refractivity contribution < 1.29 is 42.1 Å². The minimum Gasteiger partial charge on any atom is -0.756 e. The predicted molar refractivity (Wildman–Crippen MR) is 396 cm³/mol. The van der Waals surface area contributed by atoms with Gasteiger partial charge in [0.1, 0.15) is 19.8 Å². The third-order valence-electron chi connectivity index (χ3n) is 13.7. The van der Waals surface area contributed by atoms with Gasteiger partial charge in [-0.1, -0.05) is 277 Å². The van der Waals surface area contributed by atoms with E-state index in [0.29, 0.717) is 23.9 Å². The Balaban J connectivity index is 4.27. The highest BCUT2D eigenvalue weighted by molar-refractivity contribution is 7.45. The molecule has 0 aromatic rings. The van der Waals surface area contributed by atoms with Crippen LogP contribution in [-0.2, 0) is 32.7 Å². The van der Waals surface area contributed by atoms with Gasteiger partial charge in [0.05, 0.1) is 27.7 Å². The molecule has 0 radical (unpaired) electrons. The summed E-state index contributed by atoms with van der Waals surface area (Å²) in [6.07, 6.45) is 113. The Kier molecular flexibility index (Phi) is 64.9. The van der Waals surface area contributed by atoms with Gasteiger partial charge in [-0.3, -0.25) is 14.2 Å². The second-order valence-electron chi connectivity index (χ2n) is 23.4. The number of carbonyl (C=O) groups is 2. The molecule has 0 N–H and O–H groups in total. The standard InChI is InChI=1S/C82H126NO8P/c1-6-8-10-12-14-16-18-20-22-24-26-28-30-32-34-36-38-40-41-43-45-47-49-51-53-55-57-59-61-63-65-67-69-71-73-75-82(85)91-80(79-90-92(86,87)89-77-76-83(3,4)5)78-88-81(84)74-72-70-68-66-64-62-60-58-56-54-52-50-48-46-44-42-39-37-35-33-31-29-27-25-23-21-19-17-15-13-11-9-7-2/h8-11,14-17,20-23,26-29,32-35,38-40,42-43,45-46,48-49,51-52,54-55,57-58,60-61,63,80H,6-7,12-13,18-19,24-25,30-31,36-37,41,44,47,50,53,56,59,62,64-79H2,1-5H3/b10-8-,11-9-,16-14-,17-15-,22-20-,23-21-,28-26-,29-27-,34-32-,35-33-,40-38-,42-39-,45-43-,48-46-,51-49-,54-52-,57-55-,60-58-,63-61-. The number of allylic oxidation sites excluding steroid dienone is 38. The number of likely N-dealkylation sites (N-methyl/N-ethyl adjacent to an activating group) is 1. The van der Waals surface area contributed by atoms with Gasteiger partial charge in [-0.15, -0.1) is 0 Å². The van der Waals surface area contributed by atoms with E-state index in [1.54, 1.807) is 0 Å². The van der Waals surface area contributed by atoms with E-state index < -0.39 is 32.5 Å². The summed E-state index contributed by atoms with van der Waals surface area (Å²) in [6.45, 7) is 3.92. The fourth-order valence-corrected chi connectivity index (χ4v) is 9.11. The smallest absolute Gasteiger partial charge is 0.306 e. The molecule has 0 aliphatic heterocycles. The lowest BCUT2D eigenvalue weighted by molar-refractivity contribution is -0.870. The monoisotopic (exact) mass is 1280 g/mol. The Bertz CT molecular complexity index is 2400. The molecule has 0 amide bonds. The van der Waals surface area contributed by atoms with Crippen LogP contribution in [0.1, 0.15) is 219 Å². The maximum Gasteiger partial charge on any atom is 0.306 e. The summed E-state index contributed by atoms with van der Waals surface area (Å²) in [7, 11) is 1.10. The number of ether oxygens (including phenoxy) is 2. The van der Waals surface area contributed by atoms with E-state index >= 15 is 0 Å². The summed E-state index contributed by atoms with van der Waals surface area (Å²) in [5.41, 5.74) is 0. The minimum atomic E-state index is -4.67. The molecule has 0 aliphatic rings. The van der Waals surface area contributed by atoms with E-state index in [0.717, 1.165) is 180 Å². The number of carbonyl (C=O) groups excluding carboxylic acids is 2. The molecule has 0 saturated carbocycles. The number of rotatable bonds is 61. The van der Waals surface area contributed by atoms with E-state index in [1.807, 2.05) is 21.1 Å². The van der Waals surface area contributed by atoms with Crippen LogP contribution < -0.4 is 4.89 Å². The molecule has 0 heterocycles. The van der Waals surface area contributed by atoms with Gasteiger partial charge in [0.15, 0.2) is 6.10 Å². The molecule has 9 nitrogen and oxygen atoms in total. The van der Waals surface area contributed by atoms with Crippen LogP contribution >= 0.6 is 7.82 Å². The van der Waals surface area contributed by atoms with E-state index in [9.17, 15) is 19.0 Å². The summed E-state index contributed by atoms with van der Waals surface area (Å²) >= 11 is 0. The molecule has 0 saturated heterocycles. The van der Waals surface area contributed by atoms with Gasteiger partial charge < -0.3 is 27.9 Å². The SMILES string of the molecule is CC/C=C\C/C=C\C/C=C\C/C=C\C/C=C\C/C=C\C/C=C\C/C=C\C/C=C\C/C=C\CCCCCCC(=O)OC(COC(=O)CCCCCCC/C=C\C/C=C\C/C=C\C/C=C\C/C=C\C/C=C\C/C=C\C/C=C\C/C=C\CC)COP(=O)([O-])OCC[N+](C)(C)C. The first kappa shape index (κ1) is 86.1. The highest BCUT2D eigenvalue weighted by Crippen LogP contribution is 2.38. The molecule has 92 heavy (non-hydrogen) atoms. The summed E-state index contributed by atoms with van der Waals surface area (Å²) in [6, 6.07) is 0. The van der Waals surface area contributed by atoms with E-state index in [2.05, 4.69) is 245 Å². The van der Waals surface area contributed by atoms with Crippen molar-refractivity contribution in [1.29, 1.82) is 0 Å². The molecule has 0 spiro atoms. The molecule has 0 aromatic carbocycles. The number of nitrogens with zero attached hydrogens (tertiary/aromatic N) is 1. The third kappa shape index (κ3) is 73.1. The molecule has 10 heteroatoms. The highest BCUT2D eigenvalue weighted by atomic mass is 31.2. The summed E-state index contributed by atoms with van der Waals surface area (Å²) < 4.78 is 34.2. The Hall–Kier alpha value is -5.93. The molecular formula is C82H126NO8P. The Morgan fingerprint density at radius 3 is 0.870 bits per heavy atom. The lowest BCUT2D eigenvalue weighted by Crippen LogP contribution is -2.37. The van der Waals surface area contributed by atoms with Gasteiger partial charge in [0.2, 0.25) is 0 Å². The maximum absolute atomic E-state index is 12.9. The zero-order valence-corrected chi connectivity index (χ0v) is 59.0. The number of phosphoric acid groups is 1.